The molecule has 0 radical (unpaired) electrons. The molecule has 2 heterocycles. The Morgan fingerprint density at radius 1 is 1.27 bits per heavy atom. The van der Waals surface area contributed by atoms with Gasteiger partial charge in [-0.15, -0.1) is 0 Å². The summed E-state index contributed by atoms with van der Waals surface area (Å²) >= 11 is 0. The van der Waals surface area contributed by atoms with Gasteiger partial charge in [-0.2, -0.15) is 5.10 Å². The summed E-state index contributed by atoms with van der Waals surface area (Å²) in [5.74, 6) is -0.285. The van der Waals surface area contributed by atoms with Crippen molar-refractivity contribution >= 4 is 17.8 Å². The minimum Gasteiger partial charge on any atom is -0.455 e. The smallest absolute Gasteiger partial charge is 0.269 e. The number of nitro groups is 1. The minimum atomic E-state index is -0.909. The lowest BCUT2D eigenvalue weighted by Gasteiger charge is -2.20. The molecule has 1 aromatic heterocycles. The van der Waals surface area contributed by atoms with Crippen molar-refractivity contribution in [2.45, 2.75) is 19.1 Å². The summed E-state index contributed by atoms with van der Waals surface area (Å²) in [5, 5.41) is 14.5. The van der Waals surface area contributed by atoms with Crippen LogP contribution in [0.25, 0.3) is 11.3 Å². The van der Waals surface area contributed by atoms with Crippen LogP contribution in [0.4, 0.5) is 5.69 Å². The van der Waals surface area contributed by atoms with Crippen molar-refractivity contribution in [2.75, 3.05) is 13.2 Å². The molecule has 136 valence electrons. The second-order valence-electron chi connectivity index (χ2n) is 5.81. The number of hydrogen-bond acceptors (Lipinski definition) is 7. The summed E-state index contributed by atoms with van der Waals surface area (Å²) in [5.41, 5.74) is 3.09. The lowest BCUT2D eigenvalue weighted by Crippen LogP contribution is -2.33. The summed E-state index contributed by atoms with van der Waals surface area (Å²) in [4.78, 5) is 22.0. The summed E-state index contributed by atoms with van der Waals surface area (Å²) in [6, 6.07) is 9.39. The average Bonchev–Trinajstić information content (AvgIpc) is 3.24. The van der Waals surface area contributed by atoms with Gasteiger partial charge in [-0.1, -0.05) is 0 Å². The Labute approximate surface area is 148 Å². The first kappa shape index (κ1) is 17.8. The molecule has 0 saturated carbocycles. The minimum absolute atomic E-state index is 0.00808. The summed E-state index contributed by atoms with van der Waals surface area (Å²) in [7, 11) is 0. The number of hydrazone groups is 1. The zero-order valence-electron chi connectivity index (χ0n) is 14.0. The van der Waals surface area contributed by atoms with E-state index < -0.39 is 10.7 Å². The maximum Gasteiger partial charge on any atom is 0.269 e. The third-order valence-corrected chi connectivity index (χ3v) is 3.75. The van der Waals surface area contributed by atoms with Crippen LogP contribution >= 0.6 is 0 Å². The van der Waals surface area contributed by atoms with Crippen molar-refractivity contribution in [3.63, 3.8) is 0 Å². The molecule has 9 nitrogen and oxygen atoms in total. The van der Waals surface area contributed by atoms with Gasteiger partial charge in [0.15, 0.2) is 5.79 Å². The molecule has 1 fully saturated rings. The van der Waals surface area contributed by atoms with Crippen molar-refractivity contribution in [1.82, 2.24) is 5.43 Å². The monoisotopic (exact) mass is 359 g/mol. The first-order valence-corrected chi connectivity index (χ1v) is 7.90. The van der Waals surface area contributed by atoms with E-state index in [1.807, 2.05) is 0 Å². The fourth-order valence-corrected chi connectivity index (χ4v) is 2.48. The van der Waals surface area contributed by atoms with E-state index in [1.54, 1.807) is 31.2 Å². The van der Waals surface area contributed by atoms with Crippen molar-refractivity contribution in [3.05, 3.63) is 52.3 Å². The van der Waals surface area contributed by atoms with Crippen molar-refractivity contribution in [2.24, 2.45) is 5.10 Å². The molecule has 3 rings (SSSR count). The molecule has 0 unspecified atom stereocenters. The van der Waals surface area contributed by atoms with Crippen LogP contribution < -0.4 is 5.43 Å². The number of rotatable bonds is 6. The van der Waals surface area contributed by atoms with E-state index in [4.69, 9.17) is 13.9 Å². The van der Waals surface area contributed by atoms with E-state index in [1.165, 1.54) is 18.3 Å². The summed E-state index contributed by atoms with van der Waals surface area (Å²) in [6.07, 6.45) is 1.40. The van der Waals surface area contributed by atoms with Crippen molar-refractivity contribution < 1.29 is 23.6 Å². The highest BCUT2D eigenvalue weighted by Gasteiger charge is 2.33. The van der Waals surface area contributed by atoms with Gasteiger partial charge in [0, 0.05) is 17.7 Å². The van der Waals surface area contributed by atoms with Gasteiger partial charge in [0.1, 0.15) is 11.5 Å². The highest BCUT2D eigenvalue weighted by Crippen LogP contribution is 2.24. The molecule has 0 spiro atoms. The lowest BCUT2D eigenvalue weighted by atomic mass is 10.1. The fourth-order valence-electron chi connectivity index (χ4n) is 2.48. The molecular weight excluding hydrogens is 342 g/mol. The third-order valence-electron chi connectivity index (χ3n) is 3.75. The molecule has 0 aliphatic carbocycles. The van der Waals surface area contributed by atoms with Crippen LogP contribution in [-0.2, 0) is 14.3 Å². The van der Waals surface area contributed by atoms with Gasteiger partial charge in [0.2, 0.25) is 5.91 Å². The molecule has 26 heavy (non-hydrogen) atoms. The Morgan fingerprint density at radius 2 is 1.96 bits per heavy atom. The second kappa shape index (κ2) is 7.46. The average molecular weight is 359 g/mol. The van der Waals surface area contributed by atoms with E-state index >= 15 is 0 Å². The number of benzene rings is 1. The van der Waals surface area contributed by atoms with Crippen LogP contribution in [0.15, 0.2) is 45.9 Å². The van der Waals surface area contributed by atoms with Crippen molar-refractivity contribution in [1.29, 1.82) is 0 Å². The highest BCUT2D eigenvalue weighted by atomic mass is 16.7. The van der Waals surface area contributed by atoms with Gasteiger partial charge in [-0.25, -0.2) is 5.43 Å². The van der Waals surface area contributed by atoms with E-state index in [2.05, 4.69) is 10.5 Å². The van der Waals surface area contributed by atoms with E-state index in [-0.39, 0.29) is 18.0 Å². The number of carbonyl (C=O) groups excluding carboxylic acids is 1. The first-order chi connectivity index (χ1) is 12.5. The van der Waals surface area contributed by atoms with Crippen LogP contribution in [0.2, 0.25) is 0 Å². The maximum atomic E-state index is 11.8. The van der Waals surface area contributed by atoms with Crippen LogP contribution in [0, 0.1) is 10.1 Å². The van der Waals surface area contributed by atoms with Crippen LogP contribution in [0.3, 0.4) is 0 Å². The molecule has 1 saturated heterocycles. The number of carbonyl (C=O) groups is 1. The Hall–Kier alpha value is -3.04. The second-order valence-corrected chi connectivity index (χ2v) is 5.81. The molecule has 1 amide bonds. The third kappa shape index (κ3) is 4.32. The number of nitro benzene ring substituents is 1. The molecule has 9 heteroatoms. The van der Waals surface area contributed by atoms with Crippen LogP contribution in [-0.4, -0.2) is 36.0 Å². The quantitative estimate of drug-likeness (QED) is 0.481. The van der Waals surface area contributed by atoms with Gasteiger partial charge in [0.05, 0.1) is 30.8 Å². The number of ether oxygens (including phenoxy) is 2. The number of non-ortho nitro benzene ring substituents is 1. The molecule has 1 aromatic carbocycles. The fraction of sp³-hybridized carbons (Fsp3) is 0.294. The van der Waals surface area contributed by atoms with Gasteiger partial charge in [-0.3, -0.25) is 14.9 Å². The largest absolute Gasteiger partial charge is 0.455 e. The predicted molar refractivity (Wildman–Crippen MR) is 91.5 cm³/mol. The molecule has 2 aromatic rings. The lowest BCUT2D eigenvalue weighted by molar-refractivity contribution is -0.384. The van der Waals surface area contributed by atoms with Crippen LogP contribution in [0.1, 0.15) is 19.1 Å². The van der Waals surface area contributed by atoms with Gasteiger partial charge < -0.3 is 13.9 Å². The van der Waals surface area contributed by atoms with Gasteiger partial charge >= 0.3 is 0 Å². The number of nitrogens with one attached hydrogen (secondary N) is 1. The first-order valence-electron chi connectivity index (χ1n) is 7.90. The molecule has 1 aliphatic heterocycles. The summed E-state index contributed by atoms with van der Waals surface area (Å²) in [6.45, 7) is 2.63. The number of hydrogen-bond donors (Lipinski definition) is 1. The number of amides is 1. The Bertz CT molecular complexity index is 821. The summed E-state index contributed by atoms with van der Waals surface area (Å²) < 4.78 is 16.3. The topological polar surface area (TPSA) is 116 Å². The zero-order chi connectivity index (χ0) is 18.6. The maximum absolute atomic E-state index is 11.8. The Balaban J connectivity index is 1.56. The molecule has 1 N–H and O–H groups in total. The standard InChI is InChI=1S/C17H17N3O6/c1-17(24-8-9-25-17)10-16(21)19-18-11-14-6-7-15(26-14)12-2-4-13(5-3-12)20(22)23/h2-7,11H,8-10H2,1H3,(H,19,21)/b18-11+. The molecule has 1 aliphatic rings. The SMILES string of the molecule is CC1(CC(=O)N/N=C/c2ccc(-c3ccc([N+](=O)[O-])cc3)o2)OCCO1. The normalized spacial score (nSPS) is 16.0. The Morgan fingerprint density at radius 3 is 2.62 bits per heavy atom. The van der Waals surface area contributed by atoms with E-state index in [9.17, 15) is 14.9 Å². The Kier molecular flexibility index (Phi) is 5.10. The highest BCUT2D eigenvalue weighted by molar-refractivity contribution is 5.81. The van der Waals surface area contributed by atoms with Crippen LogP contribution in [0.5, 0.6) is 0 Å². The van der Waals surface area contributed by atoms with Gasteiger partial charge in [0.25, 0.3) is 5.69 Å². The van der Waals surface area contributed by atoms with E-state index in [0.29, 0.717) is 30.3 Å². The van der Waals surface area contributed by atoms with E-state index in [0.717, 1.165) is 0 Å². The molecule has 0 atom stereocenters. The van der Waals surface area contributed by atoms with Gasteiger partial charge in [-0.05, 0) is 31.2 Å². The number of furan rings is 1. The molecule has 0 bridgehead atoms. The molecular formula is C17H17N3O6. The van der Waals surface area contributed by atoms with Crippen molar-refractivity contribution in [3.8, 4) is 11.3 Å². The predicted octanol–water partition coefficient (Wildman–Crippen LogP) is 2.46. The zero-order valence-corrected chi connectivity index (χ0v) is 14.0. The number of nitrogens with zero attached hydrogens (tertiary/aromatic N) is 2.